The molecule has 1 aromatic rings. The zero-order valence-corrected chi connectivity index (χ0v) is 9.26. The van der Waals surface area contributed by atoms with Crippen molar-refractivity contribution >= 4 is 16.5 Å². The summed E-state index contributed by atoms with van der Waals surface area (Å²) >= 11 is 1.57. The maximum atomic E-state index is 3.96. The third-order valence-corrected chi connectivity index (χ3v) is 3.37. The molecule has 1 aliphatic rings. The third kappa shape index (κ3) is 2.42. The van der Waals surface area contributed by atoms with Crippen molar-refractivity contribution in [3.8, 4) is 0 Å². The van der Waals surface area contributed by atoms with Gasteiger partial charge in [0.1, 0.15) is 5.51 Å². The fraction of sp³-hybridized carbons (Fsp3) is 0.778. The topological polar surface area (TPSA) is 41.0 Å². The van der Waals surface area contributed by atoms with Crippen LogP contribution in [0.3, 0.4) is 0 Å². The van der Waals surface area contributed by atoms with Gasteiger partial charge in [-0.1, -0.05) is 18.3 Å². The molecule has 0 bridgehead atoms. The van der Waals surface area contributed by atoms with Crippen molar-refractivity contribution in [3.63, 3.8) is 0 Å². The van der Waals surface area contributed by atoms with Crippen molar-refractivity contribution in [2.45, 2.75) is 13.3 Å². The molecule has 4 nitrogen and oxygen atoms in total. The fourth-order valence-electron chi connectivity index (χ4n) is 1.85. The Hall–Kier alpha value is -0.680. The average molecular weight is 212 g/mol. The van der Waals surface area contributed by atoms with Crippen LogP contribution in [-0.4, -0.2) is 41.3 Å². The smallest absolute Gasteiger partial charge is 0.205 e. The molecule has 0 radical (unpaired) electrons. The molecule has 0 aromatic carbocycles. The highest BCUT2D eigenvalue weighted by Gasteiger charge is 2.20. The van der Waals surface area contributed by atoms with Crippen LogP contribution in [0.4, 0.5) is 5.13 Å². The van der Waals surface area contributed by atoms with Crippen LogP contribution in [0.1, 0.15) is 13.3 Å². The van der Waals surface area contributed by atoms with Crippen molar-refractivity contribution in [3.05, 3.63) is 5.51 Å². The van der Waals surface area contributed by atoms with Crippen LogP contribution in [0.2, 0.25) is 0 Å². The van der Waals surface area contributed by atoms with Gasteiger partial charge in [-0.15, -0.1) is 10.2 Å². The predicted octanol–water partition coefficient (Wildman–Crippen LogP) is 1.29. The summed E-state index contributed by atoms with van der Waals surface area (Å²) < 4.78 is 0. The van der Waals surface area contributed by atoms with Crippen LogP contribution in [0.5, 0.6) is 0 Å². The molecule has 2 heterocycles. The SMILES string of the molecule is CCN1CCC(CNc2nncs2)C1. The molecule has 1 fully saturated rings. The summed E-state index contributed by atoms with van der Waals surface area (Å²) in [5, 5.41) is 12.0. The van der Waals surface area contributed by atoms with Gasteiger partial charge < -0.3 is 10.2 Å². The Morgan fingerprint density at radius 2 is 2.64 bits per heavy atom. The van der Waals surface area contributed by atoms with Gasteiger partial charge in [0.05, 0.1) is 0 Å². The van der Waals surface area contributed by atoms with Crippen LogP contribution in [-0.2, 0) is 0 Å². The van der Waals surface area contributed by atoms with Crippen molar-refractivity contribution in [1.82, 2.24) is 15.1 Å². The van der Waals surface area contributed by atoms with E-state index in [1.54, 1.807) is 16.8 Å². The molecule has 78 valence electrons. The van der Waals surface area contributed by atoms with E-state index in [4.69, 9.17) is 0 Å². The van der Waals surface area contributed by atoms with E-state index in [1.165, 1.54) is 26.1 Å². The minimum Gasteiger partial charge on any atom is -0.360 e. The predicted molar refractivity (Wildman–Crippen MR) is 58.6 cm³/mol. The Morgan fingerprint density at radius 3 is 3.29 bits per heavy atom. The highest BCUT2D eigenvalue weighted by atomic mass is 32.1. The monoisotopic (exact) mass is 212 g/mol. The Morgan fingerprint density at radius 1 is 1.71 bits per heavy atom. The lowest BCUT2D eigenvalue weighted by molar-refractivity contribution is 0.345. The van der Waals surface area contributed by atoms with E-state index in [2.05, 4.69) is 27.3 Å². The second kappa shape index (κ2) is 4.70. The molecule has 5 heteroatoms. The number of rotatable bonds is 4. The lowest BCUT2D eigenvalue weighted by atomic mass is 10.1. The largest absolute Gasteiger partial charge is 0.360 e. The molecule has 1 aromatic heterocycles. The number of hydrogen-bond acceptors (Lipinski definition) is 5. The minimum atomic E-state index is 0.777. The van der Waals surface area contributed by atoms with E-state index in [0.717, 1.165) is 17.6 Å². The van der Waals surface area contributed by atoms with Gasteiger partial charge >= 0.3 is 0 Å². The lowest BCUT2D eigenvalue weighted by Gasteiger charge is -2.12. The maximum absolute atomic E-state index is 3.96. The Labute approximate surface area is 88.3 Å². The molecule has 1 unspecified atom stereocenters. The molecule has 1 saturated heterocycles. The first-order chi connectivity index (χ1) is 6.88. The summed E-state index contributed by atoms with van der Waals surface area (Å²) in [6.45, 7) is 6.91. The molecule has 1 N–H and O–H groups in total. The number of anilines is 1. The molecule has 1 aliphatic heterocycles. The van der Waals surface area contributed by atoms with Gasteiger partial charge in [-0.05, 0) is 25.4 Å². The van der Waals surface area contributed by atoms with Crippen molar-refractivity contribution in [2.75, 3.05) is 31.5 Å². The summed E-state index contributed by atoms with van der Waals surface area (Å²) in [5.74, 6) is 0.777. The van der Waals surface area contributed by atoms with Crippen molar-refractivity contribution in [2.24, 2.45) is 5.92 Å². The lowest BCUT2D eigenvalue weighted by Crippen LogP contribution is -2.22. The molecule has 0 amide bonds. The summed E-state index contributed by atoms with van der Waals surface area (Å²) in [7, 11) is 0. The van der Waals surface area contributed by atoms with E-state index in [9.17, 15) is 0 Å². The Balaban J connectivity index is 1.72. The van der Waals surface area contributed by atoms with Crippen LogP contribution in [0, 0.1) is 5.92 Å². The molecule has 2 rings (SSSR count). The minimum absolute atomic E-state index is 0.777. The second-order valence-electron chi connectivity index (χ2n) is 3.67. The van der Waals surface area contributed by atoms with Gasteiger partial charge in [-0.3, -0.25) is 0 Å². The van der Waals surface area contributed by atoms with E-state index in [0.29, 0.717) is 0 Å². The van der Waals surface area contributed by atoms with Gasteiger partial charge in [0, 0.05) is 13.1 Å². The molecule has 0 aliphatic carbocycles. The van der Waals surface area contributed by atoms with Gasteiger partial charge in [-0.25, -0.2) is 0 Å². The molecule has 14 heavy (non-hydrogen) atoms. The molecule has 0 spiro atoms. The second-order valence-corrected chi connectivity index (χ2v) is 4.51. The van der Waals surface area contributed by atoms with E-state index in [-0.39, 0.29) is 0 Å². The summed E-state index contributed by atoms with van der Waals surface area (Å²) in [6, 6.07) is 0. The first kappa shape index (κ1) is 9.86. The highest BCUT2D eigenvalue weighted by Crippen LogP contribution is 2.17. The maximum Gasteiger partial charge on any atom is 0.205 e. The number of aromatic nitrogens is 2. The first-order valence-electron chi connectivity index (χ1n) is 5.11. The highest BCUT2D eigenvalue weighted by molar-refractivity contribution is 7.13. The van der Waals surface area contributed by atoms with E-state index >= 15 is 0 Å². The van der Waals surface area contributed by atoms with Crippen LogP contribution < -0.4 is 5.32 Å². The fourth-order valence-corrected chi connectivity index (χ4v) is 2.30. The molecular formula is C9H16N4S. The average Bonchev–Trinajstić information content (AvgIpc) is 2.86. The molecule has 0 saturated carbocycles. The zero-order valence-electron chi connectivity index (χ0n) is 8.44. The zero-order chi connectivity index (χ0) is 9.80. The number of likely N-dealkylation sites (tertiary alicyclic amines) is 1. The number of hydrogen-bond donors (Lipinski definition) is 1. The number of nitrogens with one attached hydrogen (secondary N) is 1. The summed E-state index contributed by atoms with van der Waals surface area (Å²) in [4.78, 5) is 2.49. The van der Waals surface area contributed by atoms with Gasteiger partial charge in [0.25, 0.3) is 0 Å². The van der Waals surface area contributed by atoms with Crippen LogP contribution in [0.25, 0.3) is 0 Å². The van der Waals surface area contributed by atoms with Gasteiger partial charge in [0.2, 0.25) is 5.13 Å². The normalized spacial score (nSPS) is 22.8. The Bertz CT molecular complexity index is 262. The van der Waals surface area contributed by atoms with E-state index in [1.807, 2.05) is 0 Å². The van der Waals surface area contributed by atoms with Crippen LogP contribution in [0.15, 0.2) is 5.51 Å². The standard InChI is InChI=1S/C9H16N4S/c1-2-13-4-3-8(6-13)5-10-9-12-11-7-14-9/h7-8H,2-6H2,1H3,(H,10,12). The third-order valence-electron chi connectivity index (χ3n) is 2.72. The number of nitrogens with zero attached hydrogens (tertiary/aromatic N) is 3. The molecular weight excluding hydrogens is 196 g/mol. The first-order valence-corrected chi connectivity index (χ1v) is 5.99. The van der Waals surface area contributed by atoms with Gasteiger partial charge in [-0.2, -0.15) is 0 Å². The van der Waals surface area contributed by atoms with Gasteiger partial charge in [0.15, 0.2) is 0 Å². The molecule has 1 atom stereocenters. The van der Waals surface area contributed by atoms with Crippen molar-refractivity contribution < 1.29 is 0 Å². The quantitative estimate of drug-likeness (QED) is 0.816. The summed E-state index contributed by atoms with van der Waals surface area (Å²) in [5.41, 5.74) is 1.76. The van der Waals surface area contributed by atoms with Crippen LogP contribution >= 0.6 is 11.3 Å². The van der Waals surface area contributed by atoms with Crippen molar-refractivity contribution in [1.29, 1.82) is 0 Å². The summed E-state index contributed by atoms with van der Waals surface area (Å²) in [6.07, 6.45) is 1.31. The van der Waals surface area contributed by atoms with E-state index < -0.39 is 0 Å². The Kier molecular flexibility index (Phi) is 3.31.